The lowest BCUT2D eigenvalue weighted by molar-refractivity contribution is 0.138. The lowest BCUT2D eigenvalue weighted by Crippen LogP contribution is -2.53. The zero-order valence-electron chi connectivity index (χ0n) is 13.7. The van der Waals surface area contributed by atoms with Gasteiger partial charge in [-0.25, -0.2) is 12.7 Å². The van der Waals surface area contributed by atoms with Gasteiger partial charge in [0.1, 0.15) is 0 Å². The van der Waals surface area contributed by atoms with Crippen LogP contribution in [0.4, 0.5) is 0 Å². The fourth-order valence-electron chi connectivity index (χ4n) is 3.63. The molecule has 2 fully saturated rings. The van der Waals surface area contributed by atoms with Gasteiger partial charge >= 0.3 is 0 Å². The predicted octanol–water partition coefficient (Wildman–Crippen LogP) is 0.978. The molecule has 2 heterocycles. The summed E-state index contributed by atoms with van der Waals surface area (Å²) in [5, 5.41) is 3.60. The van der Waals surface area contributed by atoms with Gasteiger partial charge in [0.05, 0.1) is 6.26 Å². The summed E-state index contributed by atoms with van der Waals surface area (Å²) < 4.78 is 25.1. The van der Waals surface area contributed by atoms with E-state index in [-0.39, 0.29) is 0 Å². The minimum absolute atomic E-state index is 0.492. The maximum absolute atomic E-state index is 11.7. The molecule has 2 rings (SSSR count). The van der Waals surface area contributed by atoms with Gasteiger partial charge < -0.3 is 10.2 Å². The highest BCUT2D eigenvalue weighted by atomic mass is 32.2. The number of piperidine rings is 1. The second-order valence-corrected chi connectivity index (χ2v) is 9.15. The molecular formula is C15H31N3O2S. The molecule has 5 nitrogen and oxygen atoms in total. The summed E-state index contributed by atoms with van der Waals surface area (Å²) in [5.41, 5.74) is 0. The maximum Gasteiger partial charge on any atom is 0.211 e. The zero-order chi connectivity index (χ0) is 15.5. The molecule has 0 aromatic rings. The Bertz CT molecular complexity index is 425. The average Bonchev–Trinajstić information content (AvgIpc) is 2.37. The molecule has 6 heteroatoms. The standard InChI is InChI=1S/C15H31N3O2S/c1-13(2)9-15-12-17(8-6-16-15)10-14-5-4-7-18(11-14)21(3,19)20/h13-16H,4-12H2,1-3H3. The van der Waals surface area contributed by atoms with Crippen LogP contribution in [0.15, 0.2) is 0 Å². The third kappa shape index (κ3) is 5.51. The molecular weight excluding hydrogens is 286 g/mol. The Kier molecular flexibility index (Phi) is 6.05. The number of hydrogen-bond donors (Lipinski definition) is 1. The largest absolute Gasteiger partial charge is 0.311 e. The van der Waals surface area contributed by atoms with Crippen LogP contribution in [0, 0.1) is 11.8 Å². The van der Waals surface area contributed by atoms with E-state index in [0.29, 0.717) is 25.0 Å². The van der Waals surface area contributed by atoms with E-state index in [4.69, 9.17) is 0 Å². The summed E-state index contributed by atoms with van der Waals surface area (Å²) in [6, 6.07) is 0.591. The minimum atomic E-state index is -3.02. The molecule has 0 aromatic carbocycles. The van der Waals surface area contributed by atoms with E-state index in [1.807, 2.05) is 0 Å². The molecule has 21 heavy (non-hydrogen) atoms. The topological polar surface area (TPSA) is 52.7 Å². The van der Waals surface area contributed by atoms with E-state index in [9.17, 15) is 8.42 Å². The number of sulfonamides is 1. The first-order valence-corrected chi connectivity index (χ1v) is 10.1. The van der Waals surface area contributed by atoms with Crippen LogP contribution in [0.2, 0.25) is 0 Å². The van der Waals surface area contributed by atoms with Crippen LogP contribution >= 0.6 is 0 Å². The Morgan fingerprint density at radius 2 is 2.00 bits per heavy atom. The van der Waals surface area contributed by atoms with Crippen LogP contribution in [-0.2, 0) is 10.0 Å². The highest BCUT2D eigenvalue weighted by Gasteiger charge is 2.28. The summed E-state index contributed by atoms with van der Waals surface area (Å²) in [7, 11) is -3.02. The summed E-state index contributed by atoms with van der Waals surface area (Å²) in [4.78, 5) is 2.53. The van der Waals surface area contributed by atoms with Crippen molar-refractivity contribution in [3.05, 3.63) is 0 Å². The third-order valence-electron chi connectivity index (χ3n) is 4.56. The first kappa shape index (κ1) is 17.2. The van der Waals surface area contributed by atoms with Crippen molar-refractivity contribution in [1.29, 1.82) is 0 Å². The van der Waals surface area contributed by atoms with Crippen molar-refractivity contribution >= 4 is 10.0 Å². The fourth-order valence-corrected chi connectivity index (χ4v) is 4.57. The minimum Gasteiger partial charge on any atom is -0.311 e. The van der Waals surface area contributed by atoms with Crippen LogP contribution in [-0.4, -0.2) is 69.2 Å². The molecule has 2 aliphatic rings. The van der Waals surface area contributed by atoms with Gasteiger partial charge in [-0.15, -0.1) is 0 Å². The monoisotopic (exact) mass is 317 g/mol. The van der Waals surface area contributed by atoms with E-state index in [2.05, 4.69) is 24.1 Å². The highest BCUT2D eigenvalue weighted by molar-refractivity contribution is 7.88. The van der Waals surface area contributed by atoms with Gasteiger partial charge in [-0.3, -0.25) is 0 Å². The molecule has 2 saturated heterocycles. The second kappa shape index (κ2) is 7.40. The van der Waals surface area contributed by atoms with E-state index in [1.165, 1.54) is 12.7 Å². The van der Waals surface area contributed by atoms with E-state index < -0.39 is 10.0 Å². The van der Waals surface area contributed by atoms with Crippen molar-refractivity contribution in [1.82, 2.24) is 14.5 Å². The van der Waals surface area contributed by atoms with E-state index in [0.717, 1.165) is 44.9 Å². The molecule has 0 radical (unpaired) electrons. The quantitative estimate of drug-likeness (QED) is 0.821. The van der Waals surface area contributed by atoms with Crippen molar-refractivity contribution in [2.75, 3.05) is 45.5 Å². The van der Waals surface area contributed by atoms with Gasteiger partial charge in [-0.05, 0) is 31.1 Å². The van der Waals surface area contributed by atoms with Crippen LogP contribution in [0.3, 0.4) is 0 Å². The fraction of sp³-hybridized carbons (Fsp3) is 1.00. The van der Waals surface area contributed by atoms with Crippen molar-refractivity contribution in [2.45, 2.75) is 39.2 Å². The summed E-state index contributed by atoms with van der Waals surface area (Å²) >= 11 is 0. The average molecular weight is 317 g/mol. The first-order chi connectivity index (χ1) is 9.84. The summed E-state index contributed by atoms with van der Waals surface area (Å²) in [6.07, 6.45) is 4.71. The molecule has 0 spiro atoms. The molecule has 0 aliphatic carbocycles. The van der Waals surface area contributed by atoms with Crippen molar-refractivity contribution in [3.8, 4) is 0 Å². The Balaban J connectivity index is 1.83. The molecule has 0 saturated carbocycles. The van der Waals surface area contributed by atoms with Crippen LogP contribution in [0.1, 0.15) is 33.1 Å². The molecule has 2 unspecified atom stereocenters. The van der Waals surface area contributed by atoms with Crippen molar-refractivity contribution < 1.29 is 8.42 Å². The van der Waals surface area contributed by atoms with Gasteiger partial charge in [0.15, 0.2) is 0 Å². The number of nitrogens with zero attached hydrogens (tertiary/aromatic N) is 2. The van der Waals surface area contributed by atoms with Crippen molar-refractivity contribution in [3.63, 3.8) is 0 Å². The van der Waals surface area contributed by atoms with Crippen molar-refractivity contribution in [2.24, 2.45) is 11.8 Å². The highest BCUT2D eigenvalue weighted by Crippen LogP contribution is 2.20. The van der Waals surface area contributed by atoms with E-state index in [1.54, 1.807) is 4.31 Å². The molecule has 0 aromatic heterocycles. The smallest absolute Gasteiger partial charge is 0.211 e. The summed E-state index contributed by atoms with van der Waals surface area (Å²) in [5.74, 6) is 1.21. The number of rotatable bonds is 5. The molecule has 0 amide bonds. The molecule has 0 bridgehead atoms. The van der Waals surface area contributed by atoms with Gasteiger partial charge in [-0.2, -0.15) is 0 Å². The number of piperazine rings is 1. The Hall–Kier alpha value is -0.170. The van der Waals surface area contributed by atoms with Gasteiger partial charge in [0, 0.05) is 45.3 Å². The second-order valence-electron chi connectivity index (χ2n) is 7.17. The first-order valence-electron chi connectivity index (χ1n) is 8.25. The SMILES string of the molecule is CC(C)CC1CN(CC2CCCN(S(C)(=O)=O)C2)CCN1. The third-order valence-corrected chi connectivity index (χ3v) is 5.83. The lowest BCUT2D eigenvalue weighted by atomic mass is 9.97. The predicted molar refractivity (Wildman–Crippen MR) is 86.8 cm³/mol. The lowest BCUT2D eigenvalue weighted by Gasteiger charge is -2.39. The Morgan fingerprint density at radius 3 is 2.67 bits per heavy atom. The normalized spacial score (nSPS) is 29.9. The molecule has 1 N–H and O–H groups in total. The number of hydrogen-bond acceptors (Lipinski definition) is 4. The Morgan fingerprint density at radius 1 is 1.24 bits per heavy atom. The number of nitrogens with one attached hydrogen (secondary N) is 1. The summed E-state index contributed by atoms with van der Waals surface area (Å²) in [6.45, 7) is 10.2. The van der Waals surface area contributed by atoms with Gasteiger partial charge in [0.25, 0.3) is 0 Å². The van der Waals surface area contributed by atoms with Crippen LogP contribution < -0.4 is 5.32 Å². The van der Waals surface area contributed by atoms with Crippen LogP contribution in [0.5, 0.6) is 0 Å². The molecule has 2 atom stereocenters. The Labute approximate surface area is 130 Å². The zero-order valence-corrected chi connectivity index (χ0v) is 14.5. The van der Waals surface area contributed by atoms with Crippen LogP contribution in [0.25, 0.3) is 0 Å². The maximum atomic E-state index is 11.7. The molecule has 2 aliphatic heterocycles. The molecule has 124 valence electrons. The van der Waals surface area contributed by atoms with Gasteiger partial charge in [-0.1, -0.05) is 13.8 Å². The van der Waals surface area contributed by atoms with E-state index >= 15 is 0 Å². The van der Waals surface area contributed by atoms with Gasteiger partial charge in [0.2, 0.25) is 10.0 Å².